The van der Waals surface area contributed by atoms with Crippen LogP contribution in [0.15, 0.2) is 18.2 Å². The second-order valence-electron chi connectivity index (χ2n) is 6.77. The lowest BCUT2D eigenvalue weighted by atomic mass is 9.97. The van der Waals surface area contributed by atoms with Crippen molar-refractivity contribution in [2.45, 2.75) is 45.6 Å². The van der Waals surface area contributed by atoms with Crippen LogP contribution in [0.2, 0.25) is 0 Å². The molecule has 1 aliphatic carbocycles. The number of aliphatic hydroxyl groups is 1. The molecule has 2 rings (SSSR count). The Labute approximate surface area is 124 Å². The summed E-state index contributed by atoms with van der Waals surface area (Å²) in [7, 11) is 0. The van der Waals surface area contributed by atoms with Gasteiger partial charge in [0.15, 0.2) is 0 Å². The first-order valence-corrected chi connectivity index (χ1v) is 7.12. The summed E-state index contributed by atoms with van der Waals surface area (Å²) in [6, 6.07) is 4.58. The highest BCUT2D eigenvalue weighted by molar-refractivity contribution is 5.84. The Bertz CT molecular complexity index is 533. The van der Waals surface area contributed by atoms with Crippen LogP contribution in [0, 0.1) is 11.2 Å². The molecule has 1 amide bonds. The van der Waals surface area contributed by atoms with Crippen molar-refractivity contribution in [1.29, 1.82) is 0 Å². The highest BCUT2D eigenvalue weighted by atomic mass is 19.1. The van der Waals surface area contributed by atoms with Gasteiger partial charge in [-0.05, 0) is 63.1 Å². The average Bonchev–Trinajstić information content (AvgIpc) is 3.11. The quantitative estimate of drug-likeness (QED) is 0.894. The fourth-order valence-electron chi connectivity index (χ4n) is 2.16. The SMILES string of the molecule is CC(C)(C)OC(=O)Nc1ccc(CC2(CO)CC2)c(F)c1. The van der Waals surface area contributed by atoms with E-state index in [4.69, 9.17) is 4.74 Å². The van der Waals surface area contributed by atoms with Gasteiger partial charge in [-0.3, -0.25) is 5.32 Å². The predicted molar refractivity (Wildman–Crippen MR) is 78.7 cm³/mol. The predicted octanol–water partition coefficient (Wildman–Crippen LogP) is 3.49. The molecule has 0 spiro atoms. The summed E-state index contributed by atoms with van der Waals surface area (Å²) in [5.74, 6) is -0.372. The van der Waals surface area contributed by atoms with Crippen molar-refractivity contribution in [1.82, 2.24) is 0 Å². The van der Waals surface area contributed by atoms with Gasteiger partial charge in [-0.25, -0.2) is 9.18 Å². The number of hydrogen-bond donors (Lipinski definition) is 2. The molecule has 116 valence electrons. The van der Waals surface area contributed by atoms with E-state index in [0.717, 1.165) is 12.8 Å². The van der Waals surface area contributed by atoms with Crippen LogP contribution in [0.4, 0.5) is 14.9 Å². The number of benzene rings is 1. The molecule has 0 unspecified atom stereocenters. The van der Waals surface area contributed by atoms with Crippen molar-refractivity contribution >= 4 is 11.8 Å². The van der Waals surface area contributed by atoms with Crippen LogP contribution in [0.25, 0.3) is 0 Å². The third-order valence-electron chi connectivity index (χ3n) is 3.56. The second kappa shape index (κ2) is 5.64. The summed E-state index contributed by atoms with van der Waals surface area (Å²) in [5, 5.41) is 11.8. The van der Waals surface area contributed by atoms with E-state index >= 15 is 0 Å². The fraction of sp³-hybridized carbons (Fsp3) is 0.562. The number of anilines is 1. The first-order valence-electron chi connectivity index (χ1n) is 7.12. The summed E-state index contributed by atoms with van der Waals surface area (Å²) >= 11 is 0. The van der Waals surface area contributed by atoms with E-state index in [-0.39, 0.29) is 17.8 Å². The van der Waals surface area contributed by atoms with Gasteiger partial charge in [-0.15, -0.1) is 0 Å². The second-order valence-corrected chi connectivity index (χ2v) is 6.77. The number of aliphatic hydroxyl groups excluding tert-OH is 1. The Balaban J connectivity index is 2.00. The maximum absolute atomic E-state index is 14.1. The van der Waals surface area contributed by atoms with Crippen LogP contribution in [-0.4, -0.2) is 23.4 Å². The van der Waals surface area contributed by atoms with Gasteiger partial charge in [0, 0.05) is 12.3 Å². The Morgan fingerprint density at radius 3 is 2.57 bits per heavy atom. The van der Waals surface area contributed by atoms with Crippen LogP contribution in [-0.2, 0) is 11.2 Å². The zero-order valence-corrected chi connectivity index (χ0v) is 12.7. The first kappa shape index (κ1) is 15.8. The van der Waals surface area contributed by atoms with Gasteiger partial charge in [0.05, 0.1) is 0 Å². The Hall–Kier alpha value is -1.62. The number of ether oxygens (including phenoxy) is 1. The van der Waals surface area contributed by atoms with Crippen LogP contribution in [0.3, 0.4) is 0 Å². The number of carbonyl (C=O) groups is 1. The zero-order chi connectivity index (χ0) is 15.7. The van der Waals surface area contributed by atoms with E-state index < -0.39 is 11.7 Å². The molecule has 1 aliphatic rings. The molecule has 1 aromatic rings. The van der Waals surface area contributed by atoms with Crippen molar-refractivity contribution in [2.75, 3.05) is 11.9 Å². The summed E-state index contributed by atoms with van der Waals surface area (Å²) in [6.07, 6.45) is 1.78. The zero-order valence-electron chi connectivity index (χ0n) is 12.7. The molecule has 2 N–H and O–H groups in total. The molecule has 0 saturated heterocycles. The van der Waals surface area contributed by atoms with E-state index in [1.807, 2.05) is 0 Å². The lowest BCUT2D eigenvalue weighted by molar-refractivity contribution is 0.0636. The van der Waals surface area contributed by atoms with Crippen LogP contribution >= 0.6 is 0 Å². The van der Waals surface area contributed by atoms with E-state index in [1.165, 1.54) is 6.07 Å². The highest BCUT2D eigenvalue weighted by Crippen LogP contribution is 2.48. The van der Waals surface area contributed by atoms with Crippen LogP contribution < -0.4 is 5.32 Å². The van der Waals surface area contributed by atoms with Crippen molar-refractivity contribution in [3.8, 4) is 0 Å². The standard InChI is InChI=1S/C16H22FNO3/c1-15(2,3)21-14(20)18-12-5-4-11(13(17)8-12)9-16(10-19)6-7-16/h4-5,8,19H,6-7,9-10H2,1-3H3,(H,18,20). The van der Waals surface area contributed by atoms with Crippen molar-refractivity contribution in [2.24, 2.45) is 5.41 Å². The molecule has 0 heterocycles. The normalized spacial score (nSPS) is 16.4. The Morgan fingerprint density at radius 1 is 1.43 bits per heavy atom. The van der Waals surface area contributed by atoms with Crippen molar-refractivity contribution in [3.63, 3.8) is 0 Å². The average molecular weight is 295 g/mol. The van der Waals surface area contributed by atoms with Crippen LogP contribution in [0.1, 0.15) is 39.2 Å². The van der Waals surface area contributed by atoms with Gasteiger partial charge in [0.25, 0.3) is 0 Å². The minimum absolute atomic E-state index is 0.0876. The van der Waals surface area contributed by atoms with Gasteiger partial charge in [0.2, 0.25) is 0 Å². The molecule has 1 fully saturated rings. The van der Waals surface area contributed by atoms with Gasteiger partial charge >= 0.3 is 6.09 Å². The third-order valence-corrected chi connectivity index (χ3v) is 3.56. The molecular weight excluding hydrogens is 273 g/mol. The Morgan fingerprint density at radius 2 is 2.10 bits per heavy atom. The maximum atomic E-state index is 14.1. The lowest BCUT2D eigenvalue weighted by Crippen LogP contribution is -2.27. The van der Waals surface area contributed by atoms with Gasteiger partial charge in [-0.2, -0.15) is 0 Å². The van der Waals surface area contributed by atoms with E-state index in [9.17, 15) is 14.3 Å². The van der Waals surface area contributed by atoms with Gasteiger partial charge < -0.3 is 9.84 Å². The largest absolute Gasteiger partial charge is 0.444 e. The molecule has 1 aromatic carbocycles. The molecule has 5 heteroatoms. The number of nitrogens with one attached hydrogen (secondary N) is 1. The molecule has 0 atom stereocenters. The molecule has 1 saturated carbocycles. The van der Waals surface area contributed by atoms with Gasteiger partial charge in [-0.1, -0.05) is 6.07 Å². The molecule has 0 radical (unpaired) electrons. The van der Waals surface area contributed by atoms with Crippen LogP contribution in [0.5, 0.6) is 0 Å². The minimum atomic E-state index is -0.608. The monoisotopic (exact) mass is 295 g/mol. The summed E-state index contributed by atoms with van der Waals surface area (Å²) in [5.41, 5.74) is 0.193. The molecule has 21 heavy (non-hydrogen) atoms. The Kier molecular flexibility index (Phi) is 4.23. The number of rotatable bonds is 4. The van der Waals surface area contributed by atoms with E-state index in [2.05, 4.69) is 5.32 Å². The summed E-state index contributed by atoms with van der Waals surface area (Å²) in [6.45, 7) is 5.38. The fourth-order valence-corrected chi connectivity index (χ4v) is 2.16. The molecular formula is C16H22FNO3. The molecule has 0 aliphatic heterocycles. The number of amides is 1. The lowest BCUT2D eigenvalue weighted by Gasteiger charge is -2.20. The number of carbonyl (C=O) groups excluding carboxylic acids is 1. The molecule has 0 aromatic heterocycles. The number of hydrogen-bond acceptors (Lipinski definition) is 3. The molecule has 0 bridgehead atoms. The summed E-state index contributed by atoms with van der Waals surface area (Å²) in [4.78, 5) is 11.6. The minimum Gasteiger partial charge on any atom is -0.444 e. The van der Waals surface area contributed by atoms with E-state index in [0.29, 0.717) is 17.7 Å². The maximum Gasteiger partial charge on any atom is 0.412 e. The number of halogens is 1. The molecule has 4 nitrogen and oxygen atoms in total. The smallest absolute Gasteiger partial charge is 0.412 e. The van der Waals surface area contributed by atoms with Crippen molar-refractivity contribution < 1.29 is 19.0 Å². The topological polar surface area (TPSA) is 58.6 Å². The highest BCUT2D eigenvalue weighted by Gasteiger charge is 2.42. The van der Waals surface area contributed by atoms with Crippen molar-refractivity contribution in [3.05, 3.63) is 29.6 Å². The third kappa shape index (κ3) is 4.43. The van der Waals surface area contributed by atoms with Gasteiger partial charge in [0.1, 0.15) is 11.4 Å². The summed E-state index contributed by atoms with van der Waals surface area (Å²) < 4.78 is 19.2. The van der Waals surface area contributed by atoms with E-state index in [1.54, 1.807) is 32.9 Å². The first-order chi connectivity index (χ1) is 9.73.